The van der Waals surface area contributed by atoms with Crippen molar-refractivity contribution in [2.75, 3.05) is 0 Å². The fourth-order valence-corrected chi connectivity index (χ4v) is 2.77. The van der Waals surface area contributed by atoms with Gasteiger partial charge in [-0.25, -0.2) is 8.78 Å². The summed E-state index contributed by atoms with van der Waals surface area (Å²) < 4.78 is 54.2. The van der Waals surface area contributed by atoms with Crippen molar-refractivity contribution >= 4 is 21.7 Å². The Morgan fingerprint density at radius 3 is 2.32 bits per heavy atom. The third kappa shape index (κ3) is 3.02. The average Bonchev–Trinajstić information content (AvgIpc) is 2.34. The number of hydrogen-bond acceptors (Lipinski definition) is 3. The molecule has 0 aliphatic rings. The summed E-state index contributed by atoms with van der Waals surface area (Å²) in [7, 11) is -4.19. The monoisotopic (exact) mass is 304 g/mol. The molecule has 3 nitrogen and oxygen atoms in total. The second kappa shape index (κ2) is 5.14. The molecule has 0 N–H and O–H groups in total. The van der Waals surface area contributed by atoms with Gasteiger partial charge >= 0.3 is 10.1 Å². The van der Waals surface area contributed by atoms with Gasteiger partial charge in [0.25, 0.3) is 0 Å². The predicted octanol–water partition coefficient (Wildman–Crippen LogP) is 3.39. The maximum Gasteiger partial charge on any atom is 0.340 e. The topological polar surface area (TPSA) is 43.4 Å². The third-order valence-corrected chi connectivity index (χ3v) is 3.95. The van der Waals surface area contributed by atoms with Gasteiger partial charge in [0.1, 0.15) is 10.6 Å². The van der Waals surface area contributed by atoms with Crippen LogP contribution >= 0.6 is 11.6 Å². The molecule has 0 aliphatic carbocycles. The summed E-state index contributed by atoms with van der Waals surface area (Å²) in [5, 5.41) is -0.0231. The van der Waals surface area contributed by atoms with Gasteiger partial charge in [-0.05, 0) is 24.3 Å². The van der Waals surface area contributed by atoms with Crippen LogP contribution in [0.5, 0.6) is 5.75 Å². The van der Waals surface area contributed by atoms with Crippen molar-refractivity contribution < 1.29 is 21.4 Å². The summed E-state index contributed by atoms with van der Waals surface area (Å²) in [6.07, 6.45) is 0. The first-order chi connectivity index (χ1) is 8.90. The van der Waals surface area contributed by atoms with Crippen LogP contribution in [-0.4, -0.2) is 8.42 Å². The number of rotatable bonds is 3. The van der Waals surface area contributed by atoms with Gasteiger partial charge in [0.15, 0.2) is 11.6 Å². The SMILES string of the molecule is O=S(=O)(Oc1ccc(F)c(F)c1)c1ccccc1Cl. The molecule has 0 aromatic heterocycles. The zero-order valence-corrected chi connectivity index (χ0v) is 10.9. The zero-order valence-electron chi connectivity index (χ0n) is 9.31. The van der Waals surface area contributed by atoms with E-state index in [2.05, 4.69) is 4.18 Å². The van der Waals surface area contributed by atoms with Gasteiger partial charge in [0.2, 0.25) is 0 Å². The summed E-state index contributed by atoms with van der Waals surface area (Å²) in [4.78, 5) is -0.249. The van der Waals surface area contributed by atoms with Crippen LogP contribution in [0.3, 0.4) is 0 Å². The molecule has 7 heteroatoms. The van der Waals surface area contributed by atoms with Crippen LogP contribution in [0.4, 0.5) is 8.78 Å². The molecule has 100 valence electrons. The van der Waals surface area contributed by atoms with Crippen molar-refractivity contribution in [3.05, 3.63) is 59.1 Å². The summed E-state index contributed by atoms with van der Waals surface area (Å²) >= 11 is 5.74. The summed E-state index contributed by atoms with van der Waals surface area (Å²) in [5.41, 5.74) is 0. The molecule has 0 saturated carbocycles. The first kappa shape index (κ1) is 13.8. The molecular weight excluding hydrogens is 298 g/mol. The van der Waals surface area contributed by atoms with E-state index in [1.807, 2.05) is 0 Å². The molecule has 0 aliphatic heterocycles. The van der Waals surface area contributed by atoms with Crippen LogP contribution in [0.15, 0.2) is 47.4 Å². The highest BCUT2D eigenvalue weighted by atomic mass is 35.5. The standard InChI is InChI=1S/C12H7ClF2O3S/c13-9-3-1-2-4-12(9)19(16,17)18-8-5-6-10(14)11(15)7-8/h1-7H. The minimum absolute atomic E-state index is 0.0231. The fourth-order valence-electron chi connectivity index (χ4n) is 1.35. The molecule has 0 unspecified atom stereocenters. The quantitative estimate of drug-likeness (QED) is 0.816. The number of halogens is 3. The molecule has 0 spiro atoms. The maximum atomic E-state index is 13.0. The van der Waals surface area contributed by atoms with E-state index in [0.29, 0.717) is 6.07 Å². The molecule has 2 aromatic rings. The van der Waals surface area contributed by atoms with Gasteiger partial charge in [-0.3, -0.25) is 0 Å². The number of benzene rings is 2. The molecular formula is C12H7ClF2O3S. The Morgan fingerprint density at radius 1 is 1.00 bits per heavy atom. The van der Waals surface area contributed by atoms with Gasteiger partial charge in [0, 0.05) is 6.07 Å². The van der Waals surface area contributed by atoms with Crippen LogP contribution in [-0.2, 0) is 10.1 Å². The van der Waals surface area contributed by atoms with Crippen LogP contribution in [0.25, 0.3) is 0 Å². The molecule has 0 fully saturated rings. The van der Waals surface area contributed by atoms with Gasteiger partial charge < -0.3 is 4.18 Å². The van der Waals surface area contributed by atoms with Crippen LogP contribution in [0.2, 0.25) is 5.02 Å². The Kier molecular flexibility index (Phi) is 3.73. The van der Waals surface area contributed by atoms with E-state index >= 15 is 0 Å². The lowest BCUT2D eigenvalue weighted by molar-refractivity contribution is 0.472. The van der Waals surface area contributed by atoms with Crippen molar-refractivity contribution in [3.63, 3.8) is 0 Å². The van der Waals surface area contributed by atoms with E-state index in [-0.39, 0.29) is 15.7 Å². The molecule has 0 heterocycles. The Hall–Kier alpha value is -1.66. The Bertz CT molecular complexity index is 717. The zero-order chi connectivity index (χ0) is 14.0. The summed E-state index contributed by atoms with van der Waals surface area (Å²) in [6.45, 7) is 0. The maximum absolute atomic E-state index is 13.0. The third-order valence-electron chi connectivity index (χ3n) is 2.20. The predicted molar refractivity (Wildman–Crippen MR) is 65.6 cm³/mol. The van der Waals surface area contributed by atoms with Gasteiger partial charge in [-0.2, -0.15) is 8.42 Å². The van der Waals surface area contributed by atoms with E-state index in [1.165, 1.54) is 18.2 Å². The second-order valence-electron chi connectivity index (χ2n) is 3.54. The summed E-state index contributed by atoms with van der Waals surface area (Å²) in [5.74, 6) is -2.63. The summed E-state index contributed by atoms with van der Waals surface area (Å²) in [6, 6.07) is 8.07. The normalized spacial score (nSPS) is 11.3. The van der Waals surface area contributed by atoms with E-state index in [0.717, 1.165) is 12.1 Å². The highest BCUT2D eigenvalue weighted by Crippen LogP contribution is 2.25. The van der Waals surface area contributed by atoms with Crippen LogP contribution < -0.4 is 4.18 Å². The minimum atomic E-state index is -4.19. The molecule has 0 bridgehead atoms. The molecule has 0 amide bonds. The van der Waals surface area contributed by atoms with Crippen molar-refractivity contribution in [1.82, 2.24) is 0 Å². The van der Waals surface area contributed by atoms with Crippen molar-refractivity contribution in [2.45, 2.75) is 4.90 Å². The minimum Gasteiger partial charge on any atom is -0.379 e. The van der Waals surface area contributed by atoms with Gasteiger partial charge in [0.05, 0.1) is 5.02 Å². The van der Waals surface area contributed by atoms with E-state index < -0.39 is 21.8 Å². The Balaban J connectivity index is 2.37. The Labute approximate surface area is 113 Å². The lowest BCUT2D eigenvalue weighted by Crippen LogP contribution is -2.10. The highest BCUT2D eigenvalue weighted by Gasteiger charge is 2.20. The molecule has 0 atom stereocenters. The Morgan fingerprint density at radius 2 is 1.68 bits per heavy atom. The lowest BCUT2D eigenvalue weighted by atomic mass is 10.3. The van der Waals surface area contributed by atoms with Crippen molar-refractivity contribution in [3.8, 4) is 5.75 Å². The molecule has 2 aromatic carbocycles. The average molecular weight is 305 g/mol. The largest absolute Gasteiger partial charge is 0.379 e. The molecule has 0 radical (unpaired) electrons. The first-order valence-electron chi connectivity index (χ1n) is 5.04. The molecule has 19 heavy (non-hydrogen) atoms. The van der Waals surface area contributed by atoms with Crippen molar-refractivity contribution in [1.29, 1.82) is 0 Å². The second-order valence-corrected chi connectivity index (χ2v) is 5.47. The van der Waals surface area contributed by atoms with Gasteiger partial charge in [-0.15, -0.1) is 0 Å². The van der Waals surface area contributed by atoms with E-state index in [9.17, 15) is 17.2 Å². The lowest BCUT2D eigenvalue weighted by Gasteiger charge is -2.08. The van der Waals surface area contributed by atoms with Crippen LogP contribution in [0, 0.1) is 11.6 Å². The molecule has 2 rings (SSSR count). The van der Waals surface area contributed by atoms with Crippen LogP contribution in [0.1, 0.15) is 0 Å². The van der Waals surface area contributed by atoms with E-state index in [1.54, 1.807) is 6.07 Å². The van der Waals surface area contributed by atoms with E-state index in [4.69, 9.17) is 11.6 Å². The number of hydrogen-bond donors (Lipinski definition) is 0. The fraction of sp³-hybridized carbons (Fsp3) is 0. The highest BCUT2D eigenvalue weighted by molar-refractivity contribution is 7.87. The smallest absolute Gasteiger partial charge is 0.340 e. The molecule has 0 saturated heterocycles. The van der Waals surface area contributed by atoms with Crippen molar-refractivity contribution in [2.24, 2.45) is 0 Å². The first-order valence-corrected chi connectivity index (χ1v) is 6.83. The van der Waals surface area contributed by atoms with Gasteiger partial charge in [-0.1, -0.05) is 23.7 Å².